The number of phenolic OH excluding ortho intramolecular Hbond substituents is 1. The predicted molar refractivity (Wildman–Crippen MR) is 84.1 cm³/mol. The van der Waals surface area contributed by atoms with E-state index in [-0.39, 0.29) is 15.6 Å². The number of carbonyl (C=O) groups is 1. The Morgan fingerprint density at radius 3 is 2.67 bits per heavy atom. The van der Waals surface area contributed by atoms with Crippen molar-refractivity contribution in [3.63, 3.8) is 0 Å². The van der Waals surface area contributed by atoms with Gasteiger partial charge < -0.3 is 9.84 Å². The molecule has 0 bridgehead atoms. The number of thiophene rings is 1. The quantitative estimate of drug-likeness (QED) is 0.689. The highest BCUT2D eigenvalue weighted by atomic mass is 35.5. The zero-order valence-electron chi connectivity index (χ0n) is 12.0. The van der Waals surface area contributed by atoms with Crippen molar-refractivity contribution in [1.82, 2.24) is 4.57 Å². The number of benzene rings is 1. The molecule has 0 unspecified atom stereocenters. The largest absolute Gasteiger partial charge is 0.573 e. The Balaban J connectivity index is 2.03. The van der Waals surface area contributed by atoms with E-state index in [1.54, 1.807) is 13.0 Å². The van der Waals surface area contributed by atoms with Crippen LogP contribution < -0.4 is 4.74 Å². The van der Waals surface area contributed by atoms with Gasteiger partial charge in [0.25, 0.3) is 5.91 Å². The van der Waals surface area contributed by atoms with Crippen molar-refractivity contribution in [1.29, 1.82) is 0 Å². The van der Waals surface area contributed by atoms with Crippen LogP contribution >= 0.6 is 22.9 Å². The minimum Gasteiger partial charge on any atom is -0.506 e. The van der Waals surface area contributed by atoms with Crippen LogP contribution in [0.3, 0.4) is 0 Å². The average molecular weight is 376 g/mol. The Kier molecular flexibility index (Phi) is 3.97. The number of aromatic nitrogens is 1. The van der Waals surface area contributed by atoms with Crippen molar-refractivity contribution in [2.45, 2.75) is 13.3 Å². The topological polar surface area (TPSA) is 51.5 Å². The lowest BCUT2D eigenvalue weighted by atomic mass is 10.2. The Morgan fingerprint density at radius 1 is 1.29 bits per heavy atom. The molecular formula is C15H9ClF3NO3S. The average Bonchev–Trinajstić information content (AvgIpc) is 3.05. The van der Waals surface area contributed by atoms with Crippen molar-refractivity contribution in [2.75, 3.05) is 0 Å². The Labute approximate surface area is 142 Å². The van der Waals surface area contributed by atoms with E-state index in [4.69, 9.17) is 11.6 Å². The first-order chi connectivity index (χ1) is 11.2. The maximum atomic E-state index is 12.6. The summed E-state index contributed by atoms with van der Waals surface area (Å²) in [4.78, 5) is 12.7. The van der Waals surface area contributed by atoms with Crippen LogP contribution in [0.1, 0.15) is 15.4 Å². The highest BCUT2D eigenvalue weighted by Crippen LogP contribution is 2.35. The number of nitrogens with zero attached hydrogens (tertiary/aromatic N) is 1. The fourth-order valence-electron chi connectivity index (χ4n) is 2.35. The van der Waals surface area contributed by atoms with Crippen LogP contribution in [0.15, 0.2) is 30.3 Å². The number of aryl methyl sites for hydroxylation is 1. The molecule has 2 heterocycles. The number of ether oxygens (including phenoxy) is 1. The van der Waals surface area contributed by atoms with Crippen molar-refractivity contribution in [3.05, 3.63) is 45.9 Å². The SMILES string of the molecule is Cc1cc2c(Cl)c(O)ccc2n1C(=O)c1ccc(OC(F)(F)F)s1. The van der Waals surface area contributed by atoms with Gasteiger partial charge in [-0.25, -0.2) is 0 Å². The van der Waals surface area contributed by atoms with Gasteiger partial charge in [0.05, 0.1) is 15.4 Å². The molecule has 9 heteroatoms. The molecule has 24 heavy (non-hydrogen) atoms. The molecule has 2 aromatic heterocycles. The first kappa shape index (κ1) is 16.7. The zero-order valence-corrected chi connectivity index (χ0v) is 13.6. The van der Waals surface area contributed by atoms with Gasteiger partial charge in [0.1, 0.15) is 5.75 Å². The van der Waals surface area contributed by atoms with Gasteiger partial charge in [-0.05, 0) is 37.3 Å². The summed E-state index contributed by atoms with van der Waals surface area (Å²) in [6, 6.07) is 6.84. The van der Waals surface area contributed by atoms with E-state index < -0.39 is 17.3 Å². The summed E-state index contributed by atoms with van der Waals surface area (Å²) < 4.78 is 41.8. The molecule has 1 N–H and O–H groups in total. The molecule has 0 aliphatic heterocycles. The molecule has 0 radical (unpaired) electrons. The lowest BCUT2D eigenvalue weighted by Crippen LogP contribution is -2.16. The second kappa shape index (κ2) is 5.71. The number of alkyl halides is 3. The number of carbonyl (C=O) groups excluding carboxylic acids is 1. The fourth-order valence-corrected chi connectivity index (χ4v) is 3.37. The molecule has 1 aromatic carbocycles. The van der Waals surface area contributed by atoms with E-state index in [0.717, 1.165) is 6.07 Å². The Bertz CT molecular complexity index is 945. The van der Waals surface area contributed by atoms with E-state index in [2.05, 4.69) is 4.74 Å². The highest BCUT2D eigenvalue weighted by molar-refractivity contribution is 7.15. The maximum Gasteiger partial charge on any atom is 0.573 e. The van der Waals surface area contributed by atoms with E-state index in [1.165, 1.54) is 22.8 Å². The third-order valence-electron chi connectivity index (χ3n) is 3.29. The van der Waals surface area contributed by atoms with Crippen LogP contribution in [-0.4, -0.2) is 21.9 Å². The maximum absolute atomic E-state index is 12.6. The van der Waals surface area contributed by atoms with Crippen molar-refractivity contribution in [2.24, 2.45) is 0 Å². The number of rotatable bonds is 2. The second-order valence-electron chi connectivity index (χ2n) is 4.92. The van der Waals surface area contributed by atoms with Gasteiger partial charge in [-0.2, -0.15) is 0 Å². The van der Waals surface area contributed by atoms with Crippen molar-refractivity contribution in [3.8, 4) is 10.8 Å². The van der Waals surface area contributed by atoms with Crippen LogP contribution in [0.5, 0.6) is 10.8 Å². The molecule has 0 saturated carbocycles. The molecule has 0 atom stereocenters. The standard InChI is InChI=1S/C15H9ClF3NO3S/c1-7-6-8-9(2-3-10(21)13(8)16)20(7)14(22)11-4-5-12(24-11)23-15(17,18)19/h2-6,21H,1H3. The number of hydrogen-bond acceptors (Lipinski definition) is 4. The lowest BCUT2D eigenvalue weighted by molar-refractivity contribution is -0.273. The molecule has 0 aliphatic rings. The Hall–Kier alpha value is -2.19. The van der Waals surface area contributed by atoms with Crippen molar-refractivity contribution >= 4 is 39.7 Å². The van der Waals surface area contributed by atoms with Crippen LogP contribution in [0.4, 0.5) is 13.2 Å². The van der Waals surface area contributed by atoms with Crippen LogP contribution in [-0.2, 0) is 0 Å². The number of aromatic hydroxyl groups is 1. The van der Waals surface area contributed by atoms with Crippen LogP contribution in [0.2, 0.25) is 5.02 Å². The first-order valence-electron chi connectivity index (χ1n) is 6.57. The molecule has 0 saturated heterocycles. The minimum absolute atomic E-state index is 0.0825. The summed E-state index contributed by atoms with van der Waals surface area (Å²) in [5, 5.41) is 9.80. The fraction of sp³-hybridized carbons (Fsp3) is 0.133. The molecule has 0 fully saturated rings. The monoisotopic (exact) mass is 375 g/mol. The molecular weight excluding hydrogens is 367 g/mol. The first-order valence-corrected chi connectivity index (χ1v) is 7.76. The van der Waals surface area contributed by atoms with Crippen LogP contribution in [0.25, 0.3) is 10.9 Å². The smallest absolute Gasteiger partial charge is 0.506 e. The third kappa shape index (κ3) is 2.94. The van der Waals surface area contributed by atoms with E-state index in [0.29, 0.717) is 27.9 Å². The molecule has 3 aromatic rings. The zero-order chi connectivity index (χ0) is 17.6. The molecule has 3 rings (SSSR count). The van der Waals surface area contributed by atoms with Crippen molar-refractivity contribution < 1.29 is 27.8 Å². The van der Waals surface area contributed by atoms with E-state index in [1.807, 2.05) is 0 Å². The summed E-state index contributed by atoms with van der Waals surface area (Å²) >= 11 is 6.62. The van der Waals surface area contributed by atoms with Gasteiger partial charge in [-0.15, -0.1) is 13.2 Å². The third-order valence-corrected chi connectivity index (χ3v) is 4.64. The van der Waals surface area contributed by atoms with Gasteiger partial charge in [0.15, 0.2) is 5.06 Å². The number of fused-ring (bicyclic) bond motifs is 1. The van der Waals surface area contributed by atoms with Gasteiger partial charge in [0, 0.05) is 11.1 Å². The molecule has 0 spiro atoms. The lowest BCUT2D eigenvalue weighted by Gasteiger charge is -2.06. The summed E-state index contributed by atoms with van der Waals surface area (Å²) in [7, 11) is 0. The van der Waals surface area contributed by atoms with Gasteiger partial charge >= 0.3 is 6.36 Å². The molecule has 0 aliphatic carbocycles. The predicted octanol–water partition coefficient (Wildman–Crippen LogP) is 4.96. The summed E-state index contributed by atoms with van der Waals surface area (Å²) in [6.07, 6.45) is -4.81. The number of phenols is 1. The molecule has 4 nitrogen and oxygen atoms in total. The van der Waals surface area contributed by atoms with E-state index >= 15 is 0 Å². The summed E-state index contributed by atoms with van der Waals surface area (Å²) in [5.74, 6) is -0.628. The number of halogens is 4. The highest BCUT2D eigenvalue weighted by Gasteiger charge is 2.32. The summed E-state index contributed by atoms with van der Waals surface area (Å²) in [5.41, 5.74) is 0.987. The minimum atomic E-state index is -4.81. The van der Waals surface area contributed by atoms with Gasteiger partial charge in [-0.3, -0.25) is 9.36 Å². The molecule has 126 valence electrons. The van der Waals surface area contributed by atoms with Crippen LogP contribution in [0, 0.1) is 6.92 Å². The van der Waals surface area contributed by atoms with E-state index in [9.17, 15) is 23.1 Å². The summed E-state index contributed by atoms with van der Waals surface area (Å²) in [6.45, 7) is 1.66. The second-order valence-corrected chi connectivity index (χ2v) is 6.35. The number of hydrogen-bond donors (Lipinski definition) is 1. The van der Waals surface area contributed by atoms with Gasteiger partial charge in [-0.1, -0.05) is 22.9 Å². The van der Waals surface area contributed by atoms with Gasteiger partial charge in [0.2, 0.25) is 0 Å². The molecule has 0 amide bonds. The Morgan fingerprint density at radius 2 is 2.00 bits per heavy atom. The normalized spacial score (nSPS) is 11.9.